The maximum absolute atomic E-state index is 6.08. The Morgan fingerprint density at radius 2 is 2.31 bits per heavy atom. The van der Waals surface area contributed by atoms with Crippen LogP contribution < -0.4 is 0 Å². The van der Waals surface area contributed by atoms with E-state index in [9.17, 15) is 0 Å². The lowest BCUT2D eigenvalue weighted by Gasteiger charge is -2.27. The van der Waals surface area contributed by atoms with Crippen molar-refractivity contribution in [1.29, 1.82) is 0 Å². The molecule has 1 atom stereocenters. The number of hydrogen-bond acceptors (Lipinski definition) is 2. The molecule has 1 aliphatic heterocycles. The lowest BCUT2D eigenvalue weighted by atomic mass is 10.1. The summed E-state index contributed by atoms with van der Waals surface area (Å²) >= 11 is 11.5. The fourth-order valence-corrected chi connectivity index (χ4v) is 4.09. The molecule has 0 saturated carbocycles. The van der Waals surface area contributed by atoms with Crippen LogP contribution in [0.2, 0.25) is 0 Å². The number of hydrogen-bond donors (Lipinski definition) is 0. The highest BCUT2D eigenvalue weighted by Gasteiger charge is 2.21. The highest BCUT2D eigenvalue weighted by Crippen LogP contribution is 2.27. The number of thiophene rings is 1. The van der Waals surface area contributed by atoms with Gasteiger partial charge in [0.05, 0.1) is 0 Å². The van der Waals surface area contributed by atoms with E-state index in [0.29, 0.717) is 6.04 Å². The maximum Gasteiger partial charge on any atom is 0.0379 e. The summed E-state index contributed by atoms with van der Waals surface area (Å²) in [4.78, 5) is 3.98. The van der Waals surface area contributed by atoms with Gasteiger partial charge in [-0.1, -0.05) is 12.8 Å². The van der Waals surface area contributed by atoms with E-state index in [2.05, 4.69) is 32.3 Å². The molecule has 1 aromatic heterocycles. The molecule has 1 nitrogen and oxygen atoms in total. The van der Waals surface area contributed by atoms with Gasteiger partial charge in [0.15, 0.2) is 0 Å². The van der Waals surface area contributed by atoms with Crippen LogP contribution in [0.3, 0.4) is 0 Å². The topological polar surface area (TPSA) is 3.24 Å². The van der Waals surface area contributed by atoms with Crippen molar-refractivity contribution >= 4 is 38.9 Å². The van der Waals surface area contributed by atoms with Gasteiger partial charge in [-0.05, 0) is 46.8 Å². The van der Waals surface area contributed by atoms with E-state index < -0.39 is 0 Å². The van der Waals surface area contributed by atoms with E-state index in [0.717, 1.165) is 12.4 Å². The first-order valence-corrected chi connectivity index (χ1v) is 8.04. The van der Waals surface area contributed by atoms with Crippen molar-refractivity contribution in [3.63, 3.8) is 0 Å². The van der Waals surface area contributed by atoms with E-state index in [1.165, 1.54) is 41.6 Å². The summed E-state index contributed by atoms with van der Waals surface area (Å²) in [6.07, 6.45) is 5.26. The van der Waals surface area contributed by atoms with Gasteiger partial charge in [-0.15, -0.1) is 22.9 Å². The van der Waals surface area contributed by atoms with Gasteiger partial charge < -0.3 is 0 Å². The largest absolute Gasteiger partial charge is 0.294 e. The fourth-order valence-electron chi connectivity index (χ4n) is 2.24. The number of halogens is 2. The van der Waals surface area contributed by atoms with E-state index in [4.69, 9.17) is 11.6 Å². The Bertz CT molecular complexity index is 329. The lowest BCUT2D eigenvalue weighted by Crippen LogP contribution is -2.35. The molecule has 1 unspecified atom stereocenters. The van der Waals surface area contributed by atoms with Gasteiger partial charge in [-0.2, -0.15) is 0 Å². The Hall–Kier alpha value is 0.430. The molecule has 0 radical (unpaired) electrons. The van der Waals surface area contributed by atoms with E-state index >= 15 is 0 Å². The molecule has 1 fully saturated rings. The van der Waals surface area contributed by atoms with E-state index in [-0.39, 0.29) is 0 Å². The molecule has 16 heavy (non-hydrogen) atoms. The van der Waals surface area contributed by atoms with Crippen LogP contribution >= 0.6 is 38.9 Å². The molecule has 1 saturated heterocycles. The number of rotatable bonds is 3. The monoisotopic (exact) mass is 321 g/mol. The number of nitrogens with zero attached hydrogens (tertiary/aromatic N) is 1. The third-order valence-electron chi connectivity index (χ3n) is 3.21. The third-order valence-corrected chi connectivity index (χ3v) is 5.48. The van der Waals surface area contributed by atoms with Gasteiger partial charge >= 0.3 is 0 Å². The Labute approximate surface area is 115 Å². The van der Waals surface area contributed by atoms with Gasteiger partial charge in [0.25, 0.3) is 0 Å². The molecule has 0 aromatic carbocycles. The average molecular weight is 323 g/mol. The van der Waals surface area contributed by atoms with Crippen molar-refractivity contribution in [2.24, 2.45) is 0 Å². The van der Waals surface area contributed by atoms with Crippen LogP contribution in [-0.4, -0.2) is 23.4 Å². The van der Waals surface area contributed by atoms with Gasteiger partial charge in [0, 0.05) is 27.8 Å². The summed E-state index contributed by atoms with van der Waals surface area (Å²) in [7, 11) is 0. The quantitative estimate of drug-likeness (QED) is 0.741. The Balaban J connectivity index is 2.03. The number of likely N-dealkylation sites (tertiary alicyclic amines) is 1. The predicted molar refractivity (Wildman–Crippen MR) is 75.4 cm³/mol. The molecule has 0 N–H and O–H groups in total. The summed E-state index contributed by atoms with van der Waals surface area (Å²) in [6.45, 7) is 2.25. The summed E-state index contributed by atoms with van der Waals surface area (Å²) < 4.78 is 1.25. The summed E-state index contributed by atoms with van der Waals surface area (Å²) in [5.41, 5.74) is 0. The summed E-state index contributed by atoms with van der Waals surface area (Å²) in [5, 5.41) is 2.15. The third kappa shape index (κ3) is 3.22. The lowest BCUT2D eigenvalue weighted by molar-refractivity contribution is 0.209. The molecule has 2 rings (SSSR count). The molecule has 90 valence electrons. The maximum atomic E-state index is 6.08. The molecule has 0 amide bonds. The normalized spacial score (nSPS) is 23.2. The molecule has 4 heteroatoms. The molecule has 1 aliphatic rings. The highest BCUT2D eigenvalue weighted by atomic mass is 79.9. The van der Waals surface area contributed by atoms with Crippen LogP contribution in [-0.2, 0) is 6.54 Å². The van der Waals surface area contributed by atoms with Crippen LogP contribution in [0.5, 0.6) is 0 Å². The smallest absolute Gasteiger partial charge is 0.0379 e. The number of alkyl halides is 1. The zero-order valence-corrected chi connectivity index (χ0v) is 12.5. The van der Waals surface area contributed by atoms with Gasteiger partial charge in [-0.25, -0.2) is 0 Å². The minimum atomic E-state index is 0.568. The van der Waals surface area contributed by atoms with Crippen molar-refractivity contribution in [2.45, 2.75) is 38.3 Å². The van der Waals surface area contributed by atoms with Gasteiger partial charge in [0.2, 0.25) is 0 Å². The molecule has 0 bridgehead atoms. The Morgan fingerprint density at radius 1 is 1.44 bits per heavy atom. The van der Waals surface area contributed by atoms with Crippen LogP contribution in [0.25, 0.3) is 0 Å². The van der Waals surface area contributed by atoms with E-state index in [1.807, 2.05) is 11.3 Å². The first kappa shape index (κ1) is 12.9. The minimum absolute atomic E-state index is 0.568. The second-order valence-electron chi connectivity index (χ2n) is 4.32. The standard InChI is InChI=1S/C12H17BrClNS/c13-11-5-7-16-12(11)9-15-6-3-1-2-4-10(15)8-14/h5,7,10H,1-4,6,8-9H2. The second-order valence-corrected chi connectivity index (χ2v) is 6.48. The Kier molecular flexibility index (Phi) is 5.14. The van der Waals surface area contributed by atoms with Crippen LogP contribution in [0.4, 0.5) is 0 Å². The summed E-state index contributed by atoms with van der Waals surface area (Å²) in [6, 6.07) is 2.70. The van der Waals surface area contributed by atoms with E-state index in [1.54, 1.807) is 0 Å². The SMILES string of the molecule is ClCC1CCCCCN1Cc1sccc1Br. The molecule has 0 spiro atoms. The van der Waals surface area contributed by atoms with Crippen molar-refractivity contribution in [3.05, 3.63) is 20.8 Å². The Morgan fingerprint density at radius 3 is 3.00 bits per heavy atom. The first-order valence-electron chi connectivity index (χ1n) is 5.83. The zero-order valence-electron chi connectivity index (χ0n) is 9.29. The molecular formula is C12H17BrClNS. The zero-order chi connectivity index (χ0) is 11.4. The van der Waals surface area contributed by atoms with Crippen molar-refractivity contribution in [2.75, 3.05) is 12.4 Å². The molecule has 2 heterocycles. The van der Waals surface area contributed by atoms with Crippen molar-refractivity contribution in [1.82, 2.24) is 4.90 Å². The predicted octanol–water partition coefficient (Wildman–Crippen LogP) is 4.49. The van der Waals surface area contributed by atoms with Crippen LogP contribution in [0.15, 0.2) is 15.9 Å². The van der Waals surface area contributed by atoms with Gasteiger partial charge in [0.1, 0.15) is 0 Å². The first-order chi connectivity index (χ1) is 7.81. The van der Waals surface area contributed by atoms with Crippen molar-refractivity contribution in [3.8, 4) is 0 Å². The van der Waals surface area contributed by atoms with Crippen LogP contribution in [0.1, 0.15) is 30.6 Å². The summed E-state index contributed by atoms with van der Waals surface area (Å²) in [5.74, 6) is 0.767. The van der Waals surface area contributed by atoms with Crippen LogP contribution in [0, 0.1) is 0 Å². The molecular weight excluding hydrogens is 306 g/mol. The minimum Gasteiger partial charge on any atom is -0.294 e. The molecule has 1 aromatic rings. The average Bonchev–Trinajstić information content (AvgIpc) is 2.56. The second kappa shape index (κ2) is 6.39. The van der Waals surface area contributed by atoms with Gasteiger partial charge in [-0.3, -0.25) is 4.90 Å². The van der Waals surface area contributed by atoms with Crippen molar-refractivity contribution < 1.29 is 0 Å². The fraction of sp³-hybridized carbons (Fsp3) is 0.667. The highest BCUT2D eigenvalue weighted by molar-refractivity contribution is 9.10. The molecule has 0 aliphatic carbocycles.